The molecule has 0 saturated heterocycles. The summed E-state index contributed by atoms with van der Waals surface area (Å²) in [6, 6.07) is 22.1. The molecule has 9 heteroatoms. The van der Waals surface area contributed by atoms with Gasteiger partial charge in [0.2, 0.25) is 0 Å². The second-order valence-corrected chi connectivity index (χ2v) is 10.5. The minimum absolute atomic E-state index is 0.000253. The molecule has 3 heterocycles. The third kappa shape index (κ3) is 4.93. The number of ether oxygens (including phenoxy) is 4. The molecular formula is C32H26N2O7. The first kappa shape index (κ1) is 25.9. The predicted molar refractivity (Wildman–Crippen MR) is 150 cm³/mol. The van der Waals surface area contributed by atoms with Gasteiger partial charge in [-0.25, -0.2) is 4.79 Å². The molecule has 0 atom stereocenters. The van der Waals surface area contributed by atoms with Crippen LogP contribution in [0.4, 0.5) is 4.79 Å². The Morgan fingerprint density at radius 3 is 2.37 bits per heavy atom. The van der Waals surface area contributed by atoms with Gasteiger partial charge in [-0.3, -0.25) is 9.59 Å². The van der Waals surface area contributed by atoms with E-state index < -0.39 is 23.5 Å². The Labute approximate surface area is 235 Å². The highest BCUT2D eigenvalue weighted by atomic mass is 16.6. The summed E-state index contributed by atoms with van der Waals surface area (Å²) < 4.78 is 23.0. The molecular weight excluding hydrogens is 524 g/mol. The summed E-state index contributed by atoms with van der Waals surface area (Å²) in [5.41, 5.74) is 1.06. The van der Waals surface area contributed by atoms with Crippen LogP contribution in [0.5, 0.6) is 17.2 Å². The van der Waals surface area contributed by atoms with Crippen LogP contribution < -0.4 is 14.2 Å². The monoisotopic (exact) mass is 550 g/mol. The first-order chi connectivity index (χ1) is 19.7. The minimum Gasteiger partial charge on any atom is -0.489 e. The zero-order chi connectivity index (χ0) is 28.7. The van der Waals surface area contributed by atoms with Crippen molar-refractivity contribution in [2.45, 2.75) is 33.0 Å². The van der Waals surface area contributed by atoms with Crippen LogP contribution in [0, 0.1) is 0 Å². The molecule has 6 rings (SSSR count). The van der Waals surface area contributed by atoms with Crippen molar-refractivity contribution in [2.24, 2.45) is 0 Å². The summed E-state index contributed by atoms with van der Waals surface area (Å²) in [6.07, 6.45) is 1.79. The molecule has 41 heavy (non-hydrogen) atoms. The average Bonchev–Trinajstić information content (AvgIpc) is 3.48. The molecule has 0 fully saturated rings. The Morgan fingerprint density at radius 1 is 0.902 bits per heavy atom. The first-order valence-corrected chi connectivity index (χ1v) is 13.0. The van der Waals surface area contributed by atoms with Crippen LogP contribution in [0.2, 0.25) is 0 Å². The lowest BCUT2D eigenvalue weighted by atomic mass is 9.99. The van der Waals surface area contributed by atoms with Crippen molar-refractivity contribution in [3.63, 3.8) is 0 Å². The number of hydrogen-bond acceptors (Lipinski definition) is 7. The van der Waals surface area contributed by atoms with E-state index >= 15 is 0 Å². The Bertz CT molecular complexity index is 1760. The zero-order valence-corrected chi connectivity index (χ0v) is 22.6. The highest BCUT2D eigenvalue weighted by molar-refractivity contribution is 6.42. The summed E-state index contributed by atoms with van der Waals surface area (Å²) in [5, 5.41) is 0.648. The fraction of sp³-hybridized carbons (Fsp3) is 0.156. The number of aromatic amines is 1. The summed E-state index contributed by atoms with van der Waals surface area (Å²) >= 11 is 0. The van der Waals surface area contributed by atoms with Gasteiger partial charge in [-0.1, -0.05) is 42.5 Å². The van der Waals surface area contributed by atoms with Crippen LogP contribution in [0.1, 0.15) is 31.9 Å². The Kier molecular flexibility index (Phi) is 6.34. The molecule has 0 bridgehead atoms. The molecule has 0 spiro atoms. The summed E-state index contributed by atoms with van der Waals surface area (Å²) in [4.78, 5) is 44.2. The molecule has 0 aliphatic carbocycles. The van der Waals surface area contributed by atoms with E-state index in [0.717, 1.165) is 5.56 Å². The number of carbonyl (C=O) groups is 3. The molecule has 206 valence electrons. The Hall–Kier alpha value is -5.31. The van der Waals surface area contributed by atoms with Crippen molar-refractivity contribution in [2.75, 3.05) is 0 Å². The van der Waals surface area contributed by atoms with E-state index in [4.69, 9.17) is 18.9 Å². The van der Waals surface area contributed by atoms with Crippen LogP contribution in [-0.4, -0.2) is 33.4 Å². The third-order valence-electron chi connectivity index (χ3n) is 6.44. The number of rotatable bonds is 5. The number of aromatic nitrogens is 1. The quantitative estimate of drug-likeness (QED) is 0.299. The second-order valence-electron chi connectivity index (χ2n) is 10.5. The van der Waals surface area contributed by atoms with Crippen molar-refractivity contribution < 1.29 is 33.3 Å². The SMILES string of the molecule is CC(C)(C)OC(=O)N1C(=O)C(C2=COc3ccccc3O2)=C(c2c[nH]c3cc(OCc4ccccc4)ccc23)C1=O. The number of amides is 3. The van der Waals surface area contributed by atoms with E-state index in [1.807, 2.05) is 36.4 Å². The van der Waals surface area contributed by atoms with Gasteiger partial charge in [-0.2, -0.15) is 4.90 Å². The van der Waals surface area contributed by atoms with Gasteiger partial charge in [0.05, 0.1) is 11.1 Å². The molecule has 1 N–H and O–H groups in total. The van der Waals surface area contributed by atoms with Crippen molar-refractivity contribution in [1.82, 2.24) is 9.88 Å². The van der Waals surface area contributed by atoms with Crippen molar-refractivity contribution in [3.8, 4) is 17.2 Å². The lowest BCUT2D eigenvalue weighted by Gasteiger charge is -2.23. The highest BCUT2D eigenvalue weighted by Gasteiger charge is 2.47. The number of fused-ring (bicyclic) bond motifs is 2. The number of nitrogens with zero attached hydrogens (tertiary/aromatic N) is 1. The van der Waals surface area contributed by atoms with Crippen LogP contribution in [-0.2, 0) is 20.9 Å². The number of hydrogen-bond donors (Lipinski definition) is 1. The van der Waals surface area contributed by atoms with Gasteiger partial charge < -0.3 is 23.9 Å². The number of para-hydroxylation sites is 2. The minimum atomic E-state index is -1.07. The molecule has 3 amide bonds. The standard InChI is InChI=1S/C32H26N2O7/c1-32(2,3)41-31(37)34-29(35)27(28(30(34)36)26-18-39-24-11-7-8-12-25(24)40-26)22-16-33-23-15-20(13-14-21(22)23)38-17-19-9-5-4-6-10-19/h4-16,18,33H,17H2,1-3H3. The number of carbonyl (C=O) groups excluding carboxylic acids is 3. The van der Waals surface area contributed by atoms with Crippen LogP contribution >= 0.6 is 0 Å². The average molecular weight is 551 g/mol. The van der Waals surface area contributed by atoms with Gasteiger partial charge in [-0.05, 0) is 50.6 Å². The maximum absolute atomic E-state index is 13.8. The maximum Gasteiger partial charge on any atom is 0.424 e. The lowest BCUT2D eigenvalue weighted by Crippen LogP contribution is -2.41. The van der Waals surface area contributed by atoms with Gasteiger partial charge in [0.1, 0.15) is 24.2 Å². The zero-order valence-electron chi connectivity index (χ0n) is 22.6. The van der Waals surface area contributed by atoms with Crippen LogP contribution in [0.3, 0.4) is 0 Å². The number of imide groups is 3. The molecule has 2 aliphatic rings. The van der Waals surface area contributed by atoms with Crippen LogP contribution in [0.15, 0.2) is 96.6 Å². The van der Waals surface area contributed by atoms with Gasteiger partial charge in [0.15, 0.2) is 17.3 Å². The maximum atomic E-state index is 13.8. The molecule has 0 saturated carbocycles. The van der Waals surface area contributed by atoms with Gasteiger partial charge in [0, 0.05) is 28.7 Å². The van der Waals surface area contributed by atoms with Gasteiger partial charge >= 0.3 is 6.09 Å². The van der Waals surface area contributed by atoms with E-state index in [-0.39, 0.29) is 16.9 Å². The van der Waals surface area contributed by atoms with Crippen molar-refractivity contribution in [3.05, 3.63) is 108 Å². The summed E-state index contributed by atoms with van der Waals surface area (Å²) in [7, 11) is 0. The fourth-order valence-electron chi connectivity index (χ4n) is 4.63. The van der Waals surface area contributed by atoms with Crippen molar-refractivity contribution in [1.29, 1.82) is 0 Å². The molecule has 9 nitrogen and oxygen atoms in total. The van der Waals surface area contributed by atoms with E-state index in [9.17, 15) is 14.4 Å². The number of H-pyrrole nitrogens is 1. The van der Waals surface area contributed by atoms with Gasteiger partial charge in [-0.15, -0.1) is 0 Å². The molecule has 3 aromatic carbocycles. The summed E-state index contributed by atoms with van der Waals surface area (Å²) in [6.45, 7) is 5.35. The predicted octanol–water partition coefficient (Wildman–Crippen LogP) is 6.12. The number of nitrogens with one attached hydrogen (secondary N) is 1. The van der Waals surface area contributed by atoms with Gasteiger partial charge in [0.25, 0.3) is 11.8 Å². The smallest absolute Gasteiger partial charge is 0.424 e. The molecule has 2 aliphatic heterocycles. The lowest BCUT2D eigenvalue weighted by molar-refractivity contribution is -0.135. The molecule has 0 radical (unpaired) electrons. The largest absolute Gasteiger partial charge is 0.489 e. The second kappa shape index (κ2) is 10.0. The Morgan fingerprint density at radius 2 is 1.61 bits per heavy atom. The normalized spacial score (nSPS) is 14.9. The van der Waals surface area contributed by atoms with E-state index in [2.05, 4.69) is 4.98 Å². The topological polar surface area (TPSA) is 107 Å². The van der Waals surface area contributed by atoms with Crippen molar-refractivity contribution >= 4 is 34.4 Å². The van der Waals surface area contributed by atoms with E-state index in [1.165, 1.54) is 6.26 Å². The summed E-state index contributed by atoms with van der Waals surface area (Å²) in [5.74, 6) is -0.253. The Balaban J connectivity index is 1.40. The molecule has 1 aromatic heterocycles. The first-order valence-electron chi connectivity index (χ1n) is 13.0. The highest BCUT2D eigenvalue weighted by Crippen LogP contribution is 2.41. The molecule has 4 aromatic rings. The molecule has 0 unspecified atom stereocenters. The number of benzene rings is 3. The van der Waals surface area contributed by atoms with E-state index in [1.54, 1.807) is 63.4 Å². The third-order valence-corrected chi connectivity index (χ3v) is 6.44. The van der Waals surface area contributed by atoms with Crippen LogP contribution in [0.25, 0.3) is 16.5 Å². The fourth-order valence-corrected chi connectivity index (χ4v) is 4.63. The van der Waals surface area contributed by atoms with E-state index in [0.29, 0.717) is 45.2 Å².